The van der Waals surface area contributed by atoms with Crippen LogP contribution in [0.2, 0.25) is 0 Å². The monoisotopic (exact) mass is 465 g/mol. The molecule has 1 aromatic carbocycles. The molecule has 3 heterocycles. The summed E-state index contributed by atoms with van der Waals surface area (Å²) in [6, 6.07) is 0.195. The molecule has 4 rings (SSSR count). The molecule has 2 atom stereocenters. The Morgan fingerprint density at radius 3 is 2.55 bits per heavy atom. The van der Waals surface area contributed by atoms with Crippen LogP contribution >= 0.6 is 0 Å². The molecule has 2 unspecified atom stereocenters. The standard InChI is InChI=1S/C22H22F3N3O5/c1-2-22(33)4-3-5-27-10-16(22)28-9-13(18(29)19(30)17(28)21(27)32)20(31)26-8-12-14(24)6-11(23)7-15(12)25/h6-7,9,16,30,33H,2-5,8,10H2,1H3,(H,26,31). The molecule has 0 aliphatic carbocycles. The van der Waals surface area contributed by atoms with Gasteiger partial charge in [0, 0.05) is 43.5 Å². The number of carbonyl (C=O) groups excluding carboxylic acids is 2. The normalized spacial score (nSPS) is 22.0. The van der Waals surface area contributed by atoms with E-state index >= 15 is 0 Å². The number of benzene rings is 1. The number of aromatic hydroxyl groups is 1. The van der Waals surface area contributed by atoms with E-state index in [0.717, 1.165) is 6.20 Å². The number of nitrogens with zero attached hydrogens (tertiary/aromatic N) is 2. The van der Waals surface area contributed by atoms with Crippen LogP contribution in [0.1, 0.15) is 58.6 Å². The number of pyridine rings is 1. The first kappa shape index (κ1) is 22.8. The minimum atomic E-state index is -1.25. The average molecular weight is 465 g/mol. The maximum atomic E-state index is 13.9. The van der Waals surface area contributed by atoms with Crippen LogP contribution in [0.4, 0.5) is 13.2 Å². The van der Waals surface area contributed by atoms with Gasteiger partial charge in [-0.25, -0.2) is 13.2 Å². The second kappa shape index (κ2) is 8.22. The molecule has 11 heteroatoms. The first-order chi connectivity index (χ1) is 15.6. The van der Waals surface area contributed by atoms with Gasteiger partial charge in [-0.2, -0.15) is 0 Å². The third-order valence-electron chi connectivity index (χ3n) is 6.48. The average Bonchev–Trinajstić information content (AvgIpc) is 2.91. The predicted molar refractivity (Wildman–Crippen MR) is 109 cm³/mol. The molecule has 2 aliphatic heterocycles. The van der Waals surface area contributed by atoms with Gasteiger partial charge in [-0.15, -0.1) is 0 Å². The van der Waals surface area contributed by atoms with E-state index < -0.39 is 69.8 Å². The minimum absolute atomic E-state index is 0.131. The van der Waals surface area contributed by atoms with Crippen LogP contribution in [0, 0.1) is 17.5 Å². The van der Waals surface area contributed by atoms with Gasteiger partial charge in [-0.1, -0.05) is 6.92 Å². The highest BCUT2D eigenvalue weighted by Crippen LogP contribution is 2.39. The summed E-state index contributed by atoms with van der Waals surface area (Å²) in [5, 5.41) is 23.9. The summed E-state index contributed by atoms with van der Waals surface area (Å²) in [6.07, 6.45) is 2.30. The van der Waals surface area contributed by atoms with Crippen LogP contribution in [0.5, 0.6) is 5.75 Å². The van der Waals surface area contributed by atoms with Gasteiger partial charge in [0.15, 0.2) is 11.4 Å². The van der Waals surface area contributed by atoms with Crippen molar-refractivity contribution < 1.29 is 33.0 Å². The van der Waals surface area contributed by atoms with Crippen molar-refractivity contribution in [3.8, 4) is 5.75 Å². The number of aliphatic hydroxyl groups is 1. The molecule has 2 aliphatic rings. The number of amides is 2. The Labute approximate surface area is 186 Å². The lowest BCUT2D eigenvalue weighted by atomic mass is 9.86. The number of carbonyl (C=O) groups is 2. The number of hydrogen-bond acceptors (Lipinski definition) is 5. The maximum Gasteiger partial charge on any atom is 0.274 e. The van der Waals surface area contributed by atoms with E-state index in [0.29, 0.717) is 37.9 Å². The lowest BCUT2D eigenvalue weighted by Gasteiger charge is -2.41. The second-order valence-electron chi connectivity index (χ2n) is 8.33. The molecule has 33 heavy (non-hydrogen) atoms. The van der Waals surface area contributed by atoms with Crippen LogP contribution in [0.3, 0.4) is 0 Å². The molecule has 1 saturated heterocycles. The SMILES string of the molecule is CCC1(O)CCCN2CC1n1cc(C(=O)NCc3c(F)cc(F)cc3F)c(=O)c(O)c1C2=O. The molecule has 3 N–H and O–H groups in total. The Balaban J connectivity index is 1.73. The highest BCUT2D eigenvalue weighted by atomic mass is 19.1. The van der Waals surface area contributed by atoms with Crippen molar-refractivity contribution in [3.05, 3.63) is 62.8 Å². The van der Waals surface area contributed by atoms with Crippen LogP contribution in [-0.2, 0) is 6.54 Å². The number of aromatic nitrogens is 1. The van der Waals surface area contributed by atoms with Crippen LogP contribution in [0.25, 0.3) is 0 Å². The molecule has 0 radical (unpaired) electrons. The lowest BCUT2D eigenvalue weighted by Crippen LogP contribution is -2.50. The van der Waals surface area contributed by atoms with Crippen LogP contribution in [-0.4, -0.2) is 50.2 Å². The number of nitrogens with one attached hydrogen (secondary N) is 1. The van der Waals surface area contributed by atoms with Gasteiger partial charge in [0.1, 0.15) is 23.0 Å². The molecule has 0 spiro atoms. The lowest BCUT2D eigenvalue weighted by molar-refractivity contribution is -0.0270. The van der Waals surface area contributed by atoms with Crippen LogP contribution in [0.15, 0.2) is 23.1 Å². The first-order valence-electron chi connectivity index (χ1n) is 10.5. The largest absolute Gasteiger partial charge is 0.503 e. The van der Waals surface area contributed by atoms with E-state index in [9.17, 15) is 37.8 Å². The van der Waals surface area contributed by atoms with Gasteiger partial charge >= 0.3 is 0 Å². The molecule has 2 amide bonds. The number of halogens is 3. The van der Waals surface area contributed by atoms with Gasteiger partial charge in [0.05, 0.1) is 11.6 Å². The zero-order valence-corrected chi connectivity index (χ0v) is 17.7. The number of rotatable bonds is 4. The van der Waals surface area contributed by atoms with Gasteiger partial charge in [-0.3, -0.25) is 14.4 Å². The Morgan fingerprint density at radius 2 is 1.91 bits per heavy atom. The van der Waals surface area contributed by atoms with Crippen molar-refractivity contribution >= 4 is 11.8 Å². The van der Waals surface area contributed by atoms with Crippen molar-refractivity contribution in [2.24, 2.45) is 0 Å². The fourth-order valence-electron chi connectivity index (χ4n) is 4.55. The molecule has 1 aromatic heterocycles. The highest BCUT2D eigenvalue weighted by Gasteiger charge is 2.46. The Bertz CT molecular complexity index is 1190. The molecule has 2 bridgehead atoms. The number of hydrogen-bond donors (Lipinski definition) is 3. The summed E-state index contributed by atoms with van der Waals surface area (Å²) in [7, 11) is 0. The third-order valence-corrected chi connectivity index (χ3v) is 6.48. The molecule has 176 valence electrons. The Hall–Kier alpha value is -3.34. The van der Waals surface area contributed by atoms with Gasteiger partial charge in [0.2, 0.25) is 5.43 Å². The van der Waals surface area contributed by atoms with Gasteiger partial charge in [-0.05, 0) is 19.3 Å². The van der Waals surface area contributed by atoms with Crippen LogP contribution < -0.4 is 10.7 Å². The van der Waals surface area contributed by atoms with E-state index in [-0.39, 0.29) is 12.2 Å². The molecular weight excluding hydrogens is 443 g/mol. The number of fused-ring (bicyclic) bond motifs is 4. The summed E-state index contributed by atoms with van der Waals surface area (Å²) in [5.41, 5.74) is -3.88. The summed E-state index contributed by atoms with van der Waals surface area (Å²) in [4.78, 5) is 39.7. The first-order valence-corrected chi connectivity index (χ1v) is 10.5. The van der Waals surface area contributed by atoms with Crippen molar-refractivity contribution in [1.29, 1.82) is 0 Å². The van der Waals surface area contributed by atoms with Gasteiger partial charge in [0.25, 0.3) is 11.8 Å². The highest BCUT2D eigenvalue weighted by molar-refractivity contribution is 5.99. The second-order valence-corrected chi connectivity index (χ2v) is 8.33. The van der Waals surface area contributed by atoms with E-state index in [4.69, 9.17) is 0 Å². The van der Waals surface area contributed by atoms with Crippen molar-refractivity contribution in [2.45, 2.75) is 44.4 Å². The summed E-state index contributed by atoms with van der Waals surface area (Å²) >= 11 is 0. The van der Waals surface area contributed by atoms with Gasteiger partial charge < -0.3 is 25.0 Å². The van der Waals surface area contributed by atoms with Crippen molar-refractivity contribution in [3.63, 3.8) is 0 Å². The Kier molecular flexibility index (Phi) is 5.69. The Morgan fingerprint density at radius 1 is 1.24 bits per heavy atom. The zero-order chi connectivity index (χ0) is 24.1. The maximum absolute atomic E-state index is 13.9. The third kappa shape index (κ3) is 3.75. The summed E-state index contributed by atoms with van der Waals surface area (Å²) < 4.78 is 42.1. The quantitative estimate of drug-likeness (QED) is 0.638. The summed E-state index contributed by atoms with van der Waals surface area (Å²) in [5.74, 6) is -6.14. The zero-order valence-electron chi connectivity index (χ0n) is 17.7. The van der Waals surface area contributed by atoms with E-state index in [1.165, 1.54) is 9.47 Å². The molecule has 2 aromatic rings. The fourth-order valence-corrected chi connectivity index (χ4v) is 4.55. The fraction of sp³-hybridized carbons (Fsp3) is 0.409. The minimum Gasteiger partial charge on any atom is -0.503 e. The van der Waals surface area contributed by atoms with E-state index in [2.05, 4.69) is 5.32 Å². The molecule has 1 fully saturated rings. The molecule has 0 saturated carbocycles. The smallest absolute Gasteiger partial charge is 0.274 e. The molecular formula is C22H22F3N3O5. The predicted octanol–water partition coefficient (Wildman–Crippen LogP) is 1.83. The topological polar surface area (TPSA) is 112 Å². The van der Waals surface area contributed by atoms with Crippen molar-refractivity contribution in [2.75, 3.05) is 13.1 Å². The summed E-state index contributed by atoms with van der Waals surface area (Å²) in [6.45, 7) is 1.56. The van der Waals surface area contributed by atoms with E-state index in [1.54, 1.807) is 6.92 Å². The van der Waals surface area contributed by atoms with E-state index in [1.807, 2.05) is 0 Å². The van der Waals surface area contributed by atoms with Crippen molar-refractivity contribution in [1.82, 2.24) is 14.8 Å². The molecule has 8 nitrogen and oxygen atoms in total.